The second kappa shape index (κ2) is 8.07. The Hall–Kier alpha value is -1.47. The average molecular weight is 335 g/mol. The van der Waals surface area contributed by atoms with Gasteiger partial charge in [0, 0.05) is 39.1 Å². The van der Waals surface area contributed by atoms with Gasteiger partial charge in [-0.3, -0.25) is 4.79 Å². The van der Waals surface area contributed by atoms with E-state index in [1.807, 2.05) is 23.4 Å². The first kappa shape index (κ1) is 17.4. The van der Waals surface area contributed by atoms with Gasteiger partial charge in [-0.15, -0.1) is 0 Å². The predicted octanol–water partition coefficient (Wildman–Crippen LogP) is 0.856. The molecule has 7 heteroatoms. The van der Waals surface area contributed by atoms with Crippen molar-refractivity contribution < 1.29 is 9.53 Å². The van der Waals surface area contributed by atoms with Crippen LogP contribution in [-0.4, -0.2) is 76.4 Å². The molecule has 0 spiro atoms. The van der Waals surface area contributed by atoms with Gasteiger partial charge in [0.05, 0.1) is 13.2 Å². The number of rotatable bonds is 5. The topological polar surface area (TPSA) is 63.5 Å². The Labute approximate surface area is 144 Å². The van der Waals surface area contributed by atoms with Crippen LogP contribution in [0.5, 0.6) is 0 Å². The van der Waals surface area contributed by atoms with Gasteiger partial charge in [-0.2, -0.15) is 5.10 Å². The minimum atomic E-state index is 0.267. The molecule has 24 heavy (non-hydrogen) atoms. The van der Waals surface area contributed by atoms with Crippen molar-refractivity contribution in [3.8, 4) is 0 Å². The number of hydrogen-bond donors (Lipinski definition) is 0. The quantitative estimate of drug-likeness (QED) is 0.798. The number of carbonyl (C=O) groups excluding carboxylic acids is 1. The SMILES string of the molecule is Cc1nc(C)n(C[C@@H]2CCCN(CCC(=O)N3CCOCC3)C2)n1. The lowest BCUT2D eigenvalue weighted by Crippen LogP contribution is -2.43. The number of piperidine rings is 1. The summed E-state index contributed by atoms with van der Waals surface area (Å²) in [5, 5.41) is 4.48. The fourth-order valence-electron chi connectivity index (χ4n) is 3.71. The molecule has 2 fully saturated rings. The van der Waals surface area contributed by atoms with Crippen molar-refractivity contribution in [3.63, 3.8) is 0 Å². The number of aryl methyl sites for hydroxylation is 2. The van der Waals surface area contributed by atoms with Gasteiger partial charge in [0.1, 0.15) is 11.6 Å². The number of amides is 1. The lowest BCUT2D eigenvalue weighted by Gasteiger charge is -2.33. The smallest absolute Gasteiger partial charge is 0.224 e. The molecule has 3 rings (SSSR count). The molecule has 1 atom stereocenters. The van der Waals surface area contributed by atoms with Gasteiger partial charge in [0.25, 0.3) is 0 Å². The standard InChI is InChI=1S/C17H29N5O2/c1-14-18-15(2)22(19-14)13-16-4-3-6-20(12-16)7-5-17(23)21-8-10-24-11-9-21/h16H,3-13H2,1-2H3/t16-/m1/s1. The molecule has 1 amide bonds. The second-order valence-corrected chi connectivity index (χ2v) is 6.94. The Morgan fingerprint density at radius 1 is 1.25 bits per heavy atom. The zero-order valence-corrected chi connectivity index (χ0v) is 14.9. The predicted molar refractivity (Wildman–Crippen MR) is 90.7 cm³/mol. The van der Waals surface area contributed by atoms with Gasteiger partial charge < -0.3 is 14.5 Å². The van der Waals surface area contributed by atoms with Gasteiger partial charge in [-0.1, -0.05) is 0 Å². The van der Waals surface area contributed by atoms with Crippen molar-refractivity contribution in [1.29, 1.82) is 0 Å². The number of hydrogen-bond acceptors (Lipinski definition) is 5. The monoisotopic (exact) mass is 335 g/mol. The van der Waals surface area contributed by atoms with Crippen LogP contribution in [0.4, 0.5) is 0 Å². The zero-order valence-electron chi connectivity index (χ0n) is 14.9. The van der Waals surface area contributed by atoms with E-state index in [-0.39, 0.29) is 5.91 Å². The van der Waals surface area contributed by atoms with Gasteiger partial charge in [-0.05, 0) is 39.2 Å². The Kier molecular flexibility index (Phi) is 5.84. The molecule has 1 aromatic rings. The van der Waals surface area contributed by atoms with Crippen LogP contribution in [0, 0.1) is 19.8 Å². The van der Waals surface area contributed by atoms with Crippen LogP contribution in [0.25, 0.3) is 0 Å². The molecular formula is C17H29N5O2. The largest absolute Gasteiger partial charge is 0.378 e. The van der Waals surface area contributed by atoms with E-state index in [0.717, 1.165) is 50.9 Å². The van der Waals surface area contributed by atoms with E-state index in [1.54, 1.807) is 0 Å². The van der Waals surface area contributed by atoms with Gasteiger partial charge in [-0.25, -0.2) is 9.67 Å². The summed E-state index contributed by atoms with van der Waals surface area (Å²) in [6, 6.07) is 0. The summed E-state index contributed by atoms with van der Waals surface area (Å²) in [6.07, 6.45) is 3.05. The highest BCUT2D eigenvalue weighted by Crippen LogP contribution is 2.19. The molecule has 2 aliphatic rings. The molecule has 7 nitrogen and oxygen atoms in total. The molecule has 134 valence electrons. The molecule has 0 radical (unpaired) electrons. The molecule has 0 unspecified atom stereocenters. The third-order valence-electron chi connectivity index (χ3n) is 5.00. The zero-order chi connectivity index (χ0) is 16.9. The lowest BCUT2D eigenvalue weighted by molar-refractivity contribution is -0.135. The Bertz CT molecular complexity index is 553. The third kappa shape index (κ3) is 4.54. The van der Waals surface area contributed by atoms with E-state index in [0.29, 0.717) is 25.6 Å². The summed E-state index contributed by atoms with van der Waals surface area (Å²) in [6.45, 7) is 10.7. The first-order valence-corrected chi connectivity index (χ1v) is 9.08. The number of carbonyl (C=O) groups is 1. The summed E-state index contributed by atoms with van der Waals surface area (Å²) in [7, 11) is 0. The van der Waals surface area contributed by atoms with Gasteiger partial charge in [0.15, 0.2) is 0 Å². The van der Waals surface area contributed by atoms with Crippen LogP contribution >= 0.6 is 0 Å². The minimum absolute atomic E-state index is 0.267. The van der Waals surface area contributed by atoms with Crippen molar-refractivity contribution in [3.05, 3.63) is 11.6 Å². The summed E-state index contributed by atoms with van der Waals surface area (Å²) in [5.41, 5.74) is 0. The van der Waals surface area contributed by atoms with Crippen LogP contribution in [0.2, 0.25) is 0 Å². The second-order valence-electron chi connectivity index (χ2n) is 6.94. The number of morpholine rings is 1. The molecule has 2 saturated heterocycles. The maximum Gasteiger partial charge on any atom is 0.224 e. The van der Waals surface area contributed by atoms with E-state index in [9.17, 15) is 4.79 Å². The molecule has 0 aromatic carbocycles. The maximum absolute atomic E-state index is 12.3. The highest BCUT2D eigenvalue weighted by Gasteiger charge is 2.23. The first-order valence-electron chi connectivity index (χ1n) is 9.08. The minimum Gasteiger partial charge on any atom is -0.378 e. The summed E-state index contributed by atoms with van der Waals surface area (Å²) >= 11 is 0. The molecule has 1 aromatic heterocycles. The van der Waals surface area contributed by atoms with Crippen LogP contribution in [-0.2, 0) is 16.1 Å². The highest BCUT2D eigenvalue weighted by atomic mass is 16.5. The third-order valence-corrected chi connectivity index (χ3v) is 5.00. The van der Waals surface area contributed by atoms with E-state index >= 15 is 0 Å². The molecule has 0 aliphatic carbocycles. The normalized spacial score (nSPS) is 22.8. The van der Waals surface area contributed by atoms with Crippen molar-refractivity contribution in [1.82, 2.24) is 24.6 Å². The first-order chi connectivity index (χ1) is 11.6. The van der Waals surface area contributed by atoms with E-state index in [1.165, 1.54) is 12.8 Å². The van der Waals surface area contributed by atoms with Gasteiger partial charge in [0.2, 0.25) is 5.91 Å². The summed E-state index contributed by atoms with van der Waals surface area (Å²) < 4.78 is 7.34. The Morgan fingerprint density at radius 3 is 2.75 bits per heavy atom. The van der Waals surface area contributed by atoms with E-state index in [4.69, 9.17) is 4.74 Å². The van der Waals surface area contributed by atoms with Crippen molar-refractivity contribution in [2.24, 2.45) is 5.92 Å². The number of aromatic nitrogens is 3. The molecule has 0 N–H and O–H groups in total. The molecule has 0 saturated carbocycles. The molecule has 0 bridgehead atoms. The van der Waals surface area contributed by atoms with Crippen molar-refractivity contribution in [2.75, 3.05) is 45.9 Å². The fourth-order valence-corrected chi connectivity index (χ4v) is 3.71. The van der Waals surface area contributed by atoms with E-state index in [2.05, 4.69) is 15.0 Å². The van der Waals surface area contributed by atoms with Crippen LogP contribution in [0.3, 0.4) is 0 Å². The Morgan fingerprint density at radius 2 is 2.04 bits per heavy atom. The summed E-state index contributed by atoms with van der Waals surface area (Å²) in [5.74, 6) is 2.70. The van der Waals surface area contributed by atoms with Crippen molar-refractivity contribution >= 4 is 5.91 Å². The molecular weight excluding hydrogens is 306 g/mol. The van der Waals surface area contributed by atoms with Crippen LogP contribution in [0.15, 0.2) is 0 Å². The number of ether oxygens (including phenoxy) is 1. The fraction of sp³-hybridized carbons (Fsp3) is 0.824. The van der Waals surface area contributed by atoms with Gasteiger partial charge >= 0.3 is 0 Å². The number of nitrogens with zero attached hydrogens (tertiary/aromatic N) is 5. The van der Waals surface area contributed by atoms with Crippen molar-refractivity contribution in [2.45, 2.75) is 39.7 Å². The van der Waals surface area contributed by atoms with Crippen LogP contribution in [0.1, 0.15) is 30.9 Å². The Balaban J connectivity index is 1.45. The average Bonchev–Trinajstić information content (AvgIpc) is 2.91. The molecule has 2 aliphatic heterocycles. The van der Waals surface area contributed by atoms with Crippen LogP contribution < -0.4 is 0 Å². The maximum atomic E-state index is 12.3. The highest BCUT2D eigenvalue weighted by molar-refractivity contribution is 5.76. The lowest BCUT2D eigenvalue weighted by atomic mass is 9.98. The molecule has 3 heterocycles. The van der Waals surface area contributed by atoms with E-state index < -0.39 is 0 Å². The summed E-state index contributed by atoms with van der Waals surface area (Å²) in [4.78, 5) is 21.0. The number of likely N-dealkylation sites (tertiary alicyclic amines) is 1.